The molecule has 0 aliphatic rings. The van der Waals surface area contributed by atoms with E-state index in [1.54, 1.807) is 0 Å². The van der Waals surface area contributed by atoms with Gasteiger partial charge in [0.15, 0.2) is 5.65 Å². The van der Waals surface area contributed by atoms with Crippen molar-refractivity contribution in [1.29, 1.82) is 0 Å². The Morgan fingerprint density at radius 1 is 1.44 bits per heavy atom. The molecule has 0 unspecified atom stereocenters. The lowest BCUT2D eigenvalue weighted by molar-refractivity contribution is 0.788. The molecular formula is C11H17N5. The minimum absolute atomic E-state index is 0.606. The molecule has 2 rings (SSSR count). The van der Waals surface area contributed by atoms with Gasteiger partial charge in [0.05, 0.1) is 5.69 Å². The third-order valence-corrected chi connectivity index (χ3v) is 2.68. The second kappa shape index (κ2) is 4.09. The molecule has 5 nitrogen and oxygen atoms in total. The number of nitrogens with zero attached hydrogens (tertiary/aromatic N) is 4. The van der Waals surface area contributed by atoms with Crippen LogP contribution in [0.25, 0.3) is 11.2 Å². The molecule has 2 N–H and O–H groups in total. The molecule has 0 radical (unpaired) electrons. The summed E-state index contributed by atoms with van der Waals surface area (Å²) in [6, 6.07) is 1.97. The number of hydrogen-bond acceptors (Lipinski definition) is 4. The zero-order chi connectivity index (χ0) is 11.7. The van der Waals surface area contributed by atoms with Crippen molar-refractivity contribution in [1.82, 2.24) is 14.5 Å². The summed E-state index contributed by atoms with van der Waals surface area (Å²) in [5.74, 6) is 0.985. The van der Waals surface area contributed by atoms with E-state index in [1.807, 2.05) is 42.9 Å². The number of aryl methyl sites for hydroxylation is 1. The molecule has 2 aromatic rings. The van der Waals surface area contributed by atoms with Gasteiger partial charge in [-0.05, 0) is 12.6 Å². The number of aromatic nitrogens is 3. The maximum Gasteiger partial charge on any atom is 0.161 e. The topological polar surface area (TPSA) is 60.0 Å². The Kier molecular flexibility index (Phi) is 2.78. The summed E-state index contributed by atoms with van der Waals surface area (Å²) in [6.45, 7) is 0.606. The van der Waals surface area contributed by atoms with Gasteiger partial charge in [0.2, 0.25) is 0 Å². The zero-order valence-electron chi connectivity index (χ0n) is 9.94. The maximum atomic E-state index is 5.56. The molecule has 0 saturated carbocycles. The summed E-state index contributed by atoms with van der Waals surface area (Å²) < 4.78 is 2.01. The smallest absolute Gasteiger partial charge is 0.161 e. The van der Waals surface area contributed by atoms with E-state index in [0.717, 1.165) is 29.1 Å². The van der Waals surface area contributed by atoms with Crippen molar-refractivity contribution < 1.29 is 0 Å². The van der Waals surface area contributed by atoms with Crippen LogP contribution in [0, 0.1) is 0 Å². The Bertz CT molecular complexity index is 500. The standard InChI is InChI=1S/C11H17N5/c1-15(2)8-5-7-13-11-10(8)14-9(4-6-12)16(11)3/h5,7H,4,6,12H2,1-3H3. The lowest BCUT2D eigenvalue weighted by Crippen LogP contribution is -2.09. The number of imidazole rings is 1. The van der Waals surface area contributed by atoms with Crippen LogP contribution in [0.1, 0.15) is 5.82 Å². The van der Waals surface area contributed by atoms with Crippen molar-refractivity contribution in [3.8, 4) is 0 Å². The quantitative estimate of drug-likeness (QED) is 0.818. The Morgan fingerprint density at radius 2 is 2.19 bits per heavy atom. The van der Waals surface area contributed by atoms with Crippen molar-refractivity contribution in [2.45, 2.75) is 6.42 Å². The summed E-state index contributed by atoms with van der Waals surface area (Å²) in [5, 5.41) is 0. The summed E-state index contributed by atoms with van der Waals surface area (Å²) in [5.41, 5.74) is 8.51. The van der Waals surface area contributed by atoms with Crippen LogP contribution < -0.4 is 10.6 Å². The van der Waals surface area contributed by atoms with E-state index in [0.29, 0.717) is 6.54 Å². The van der Waals surface area contributed by atoms with Crippen molar-refractivity contribution in [2.75, 3.05) is 25.5 Å². The fourth-order valence-corrected chi connectivity index (χ4v) is 1.83. The lowest BCUT2D eigenvalue weighted by Gasteiger charge is -2.11. The monoisotopic (exact) mass is 219 g/mol. The van der Waals surface area contributed by atoms with Gasteiger partial charge < -0.3 is 15.2 Å². The van der Waals surface area contributed by atoms with Gasteiger partial charge in [-0.3, -0.25) is 0 Å². The molecule has 0 bridgehead atoms. The fraction of sp³-hybridized carbons (Fsp3) is 0.455. The van der Waals surface area contributed by atoms with Gasteiger partial charge in [-0.15, -0.1) is 0 Å². The first-order valence-corrected chi connectivity index (χ1v) is 5.33. The molecular weight excluding hydrogens is 202 g/mol. The normalized spacial score (nSPS) is 11.0. The van der Waals surface area contributed by atoms with Crippen LogP contribution in [0.2, 0.25) is 0 Å². The van der Waals surface area contributed by atoms with Crippen LogP contribution in [0.3, 0.4) is 0 Å². The molecule has 0 atom stereocenters. The van der Waals surface area contributed by atoms with Crippen LogP contribution in [0.5, 0.6) is 0 Å². The van der Waals surface area contributed by atoms with Gasteiger partial charge in [0, 0.05) is 33.8 Å². The number of nitrogens with two attached hydrogens (primary N) is 1. The molecule has 0 amide bonds. The second-order valence-corrected chi connectivity index (χ2v) is 4.02. The first-order chi connectivity index (χ1) is 7.65. The maximum absolute atomic E-state index is 5.56. The van der Waals surface area contributed by atoms with E-state index in [2.05, 4.69) is 9.97 Å². The second-order valence-electron chi connectivity index (χ2n) is 4.02. The third kappa shape index (κ3) is 1.63. The molecule has 2 heterocycles. The first-order valence-electron chi connectivity index (χ1n) is 5.33. The number of anilines is 1. The summed E-state index contributed by atoms with van der Waals surface area (Å²) in [7, 11) is 5.99. The lowest BCUT2D eigenvalue weighted by atomic mass is 10.3. The van der Waals surface area contributed by atoms with E-state index in [-0.39, 0.29) is 0 Å². The van der Waals surface area contributed by atoms with E-state index >= 15 is 0 Å². The zero-order valence-corrected chi connectivity index (χ0v) is 9.94. The van der Waals surface area contributed by atoms with Crippen LogP contribution in [0.15, 0.2) is 12.3 Å². The highest BCUT2D eigenvalue weighted by Crippen LogP contribution is 2.23. The molecule has 0 aliphatic heterocycles. The van der Waals surface area contributed by atoms with Crippen molar-refractivity contribution >= 4 is 16.9 Å². The predicted octanol–water partition coefficient (Wildman–Crippen LogP) is 0.535. The molecule has 2 aromatic heterocycles. The molecule has 0 saturated heterocycles. The van der Waals surface area contributed by atoms with Gasteiger partial charge in [0.1, 0.15) is 11.3 Å². The van der Waals surface area contributed by atoms with Gasteiger partial charge >= 0.3 is 0 Å². The van der Waals surface area contributed by atoms with Crippen LogP contribution in [0.4, 0.5) is 5.69 Å². The summed E-state index contributed by atoms with van der Waals surface area (Å²) in [6.07, 6.45) is 2.59. The average Bonchev–Trinajstić information content (AvgIpc) is 2.57. The van der Waals surface area contributed by atoms with Gasteiger partial charge in [-0.2, -0.15) is 0 Å². The largest absolute Gasteiger partial charge is 0.376 e. The summed E-state index contributed by atoms with van der Waals surface area (Å²) >= 11 is 0. The number of fused-ring (bicyclic) bond motifs is 1. The minimum atomic E-state index is 0.606. The average molecular weight is 219 g/mol. The molecule has 0 spiro atoms. The molecule has 0 aromatic carbocycles. The van der Waals surface area contributed by atoms with Crippen molar-refractivity contribution in [3.05, 3.63) is 18.1 Å². The SMILES string of the molecule is CN(C)c1ccnc2c1nc(CCN)n2C. The number of pyridine rings is 1. The molecule has 86 valence electrons. The first kappa shape index (κ1) is 10.9. The highest BCUT2D eigenvalue weighted by atomic mass is 15.1. The molecule has 0 aliphatic carbocycles. The van der Waals surface area contributed by atoms with Gasteiger partial charge in [-0.25, -0.2) is 9.97 Å². The summed E-state index contributed by atoms with van der Waals surface area (Å²) in [4.78, 5) is 11.0. The van der Waals surface area contributed by atoms with Crippen LogP contribution in [-0.4, -0.2) is 35.2 Å². The van der Waals surface area contributed by atoms with Crippen LogP contribution >= 0.6 is 0 Å². The molecule has 5 heteroatoms. The highest BCUT2D eigenvalue weighted by Gasteiger charge is 2.12. The van der Waals surface area contributed by atoms with Gasteiger partial charge in [-0.1, -0.05) is 0 Å². The Hall–Kier alpha value is -1.62. The van der Waals surface area contributed by atoms with E-state index < -0.39 is 0 Å². The van der Waals surface area contributed by atoms with E-state index in [4.69, 9.17) is 5.73 Å². The Balaban J connectivity index is 2.65. The Labute approximate surface area is 94.9 Å². The van der Waals surface area contributed by atoms with Crippen LogP contribution in [-0.2, 0) is 13.5 Å². The van der Waals surface area contributed by atoms with E-state index in [9.17, 15) is 0 Å². The van der Waals surface area contributed by atoms with E-state index in [1.165, 1.54) is 0 Å². The highest BCUT2D eigenvalue weighted by molar-refractivity contribution is 5.86. The number of hydrogen-bond donors (Lipinski definition) is 1. The predicted molar refractivity (Wildman–Crippen MR) is 65.6 cm³/mol. The van der Waals surface area contributed by atoms with Crippen molar-refractivity contribution in [3.63, 3.8) is 0 Å². The number of rotatable bonds is 3. The van der Waals surface area contributed by atoms with Gasteiger partial charge in [0.25, 0.3) is 0 Å². The van der Waals surface area contributed by atoms with Crippen molar-refractivity contribution in [2.24, 2.45) is 12.8 Å². The molecule has 16 heavy (non-hydrogen) atoms. The fourth-order valence-electron chi connectivity index (χ4n) is 1.83. The minimum Gasteiger partial charge on any atom is -0.376 e. The Morgan fingerprint density at radius 3 is 2.81 bits per heavy atom. The third-order valence-electron chi connectivity index (χ3n) is 2.68. The molecule has 0 fully saturated rings.